The Kier molecular flexibility index (Phi) is 6.70. The van der Waals surface area contributed by atoms with Crippen LogP contribution in [-0.4, -0.2) is 60.3 Å². The third kappa shape index (κ3) is 4.46. The number of piperidine rings is 1. The van der Waals surface area contributed by atoms with E-state index in [1.807, 2.05) is 13.8 Å². The number of likely N-dealkylation sites (tertiary alicyclic amines) is 2. The number of carbonyl (C=O) groups is 1. The maximum atomic E-state index is 12.5. The predicted molar refractivity (Wildman–Crippen MR) is 99.8 cm³/mol. The van der Waals surface area contributed by atoms with Crippen LogP contribution in [0.2, 0.25) is 0 Å². The molecule has 26 heavy (non-hydrogen) atoms. The van der Waals surface area contributed by atoms with Gasteiger partial charge in [-0.05, 0) is 58.5 Å². The fraction of sp³-hybridized carbons (Fsp3) is 0.800. The van der Waals surface area contributed by atoms with Gasteiger partial charge in [-0.15, -0.1) is 0 Å². The number of carbonyl (C=O) groups excluding carboxylic acids is 1. The van der Waals surface area contributed by atoms with Crippen molar-refractivity contribution in [2.45, 2.75) is 65.0 Å². The van der Waals surface area contributed by atoms with E-state index in [1.54, 1.807) is 7.11 Å². The second-order valence-electron chi connectivity index (χ2n) is 7.85. The van der Waals surface area contributed by atoms with Crippen LogP contribution in [0.4, 0.5) is 0 Å². The molecule has 0 N–H and O–H groups in total. The molecular formula is C20H33N3O3. The molecule has 3 heterocycles. The summed E-state index contributed by atoms with van der Waals surface area (Å²) < 4.78 is 10.4. The number of aryl methyl sites for hydroxylation is 2. The standard InChI is InChI=1S/C20H33N3O3/c1-15-18(16(2)26-21-15)13-22-11-8-17(9-12-22)19-7-5-4-6-10-23(19)20(24)14-25-3/h17,19H,4-14H2,1-3H3. The van der Waals surface area contributed by atoms with Crippen LogP contribution in [0.5, 0.6) is 0 Å². The first-order chi connectivity index (χ1) is 12.6. The normalized spacial score (nSPS) is 23.2. The van der Waals surface area contributed by atoms with Crippen molar-refractivity contribution in [2.24, 2.45) is 5.92 Å². The Balaban J connectivity index is 1.59. The Bertz CT molecular complexity index is 574. The zero-order valence-electron chi connectivity index (χ0n) is 16.5. The van der Waals surface area contributed by atoms with Gasteiger partial charge < -0.3 is 14.2 Å². The van der Waals surface area contributed by atoms with E-state index in [2.05, 4.69) is 15.0 Å². The number of rotatable bonds is 5. The van der Waals surface area contributed by atoms with Crippen molar-refractivity contribution < 1.29 is 14.1 Å². The van der Waals surface area contributed by atoms with E-state index in [4.69, 9.17) is 9.26 Å². The molecule has 6 nitrogen and oxygen atoms in total. The van der Waals surface area contributed by atoms with Gasteiger partial charge in [-0.1, -0.05) is 18.0 Å². The van der Waals surface area contributed by atoms with Gasteiger partial charge in [0, 0.05) is 31.8 Å². The summed E-state index contributed by atoms with van der Waals surface area (Å²) in [5.74, 6) is 1.71. The second kappa shape index (κ2) is 9.00. The maximum absolute atomic E-state index is 12.5. The monoisotopic (exact) mass is 363 g/mol. The lowest BCUT2D eigenvalue weighted by atomic mass is 9.86. The average Bonchev–Trinajstić information content (AvgIpc) is 2.85. The summed E-state index contributed by atoms with van der Waals surface area (Å²) in [6.45, 7) is 8.20. The first kappa shape index (κ1) is 19.4. The molecule has 0 saturated carbocycles. The molecule has 1 aromatic rings. The van der Waals surface area contributed by atoms with E-state index in [9.17, 15) is 4.79 Å². The summed E-state index contributed by atoms with van der Waals surface area (Å²) >= 11 is 0. The molecule has 2 saturated heterocycles. The van der Waals surface area contributed by atoms with Gasteiger partial charge in [-0.2, -0.15) is 0 Å². The average molecular weight is 364 g/mol. The Hall–Kier alpha value is -1.40. The van der Waals surface area contributed by atoms with Crippen LogP contribution < -0.4 is 0 Å². The van der Waals surface area contributed by atoms with Gasteiger partial charge in [0.2, 0.25) is 5.91 Å². The lowest BCUT2D eigenvalue weighted by Crippen LogP contribution is -2.48. The zero-order chi connectivity index (χ0) is 18.5. The summed E-state index contributed by atoms with van der Waals surface area (Å²) in [6, 6.07) is 0.390. The van der Waals surface area contributed by atoms with Crippen LogP contribution in [-0.2, 0) is 16.1 Å². The van der Waals surface area contributed by atoms with Crippen molar-refractivity contribution in [2.75, 3.05) is 33.4 Å². The molecule has 2 aliphatic heterocycles. The highest BCUT2D eigenvalue weighted by Crippen LogP contribution is 2.31. The summed E-state index contributed by atoms with van der Waals surface area (Å²) in [6.07, 6.45) is 7.05. The molecular weight excluding hydrogens is 330 g/mol. The van der Waals surface area contributed by atoms with Crippen LogP contribution in [0.15, 0.2) is 4.52 Å². The molecule has 2 fully saturated rings. The van der Waals surface area contributed by atoms with Crippen molar-refractivity contribution in [3.8, 4) is 0 Å². The van der Waals surface area contributed by atoms with Crippen molar-refractivity contribution in [1.82, 2.24) is 15.0 Å². The summed E-state index contributed by atoms with van der Waals surface area (Å²) in [7, 11) is 1.61. The summed E-state index contributed by atoms with van der Waals surface area (Å²) in [5, 5.41) is 4.07. The van der Waals surface area contributed by atoms with Crippen LogP contribution >= 0.6 is 0 Å². The molecule has 1 amide bonds. The number of amides is 1. The van der Waals surface area contributed by atoms with Crippen molar-refractivity contribution >= 4 is 5.91 Å². The molecule has 1 atom stereocenters. The smallest absolute Gasteiger partial charge is 0.248 e. The number of hydrogen-bond acceptors (Lipinski definition) is 5. The third-order valence-electron chi connectivity index (χ3n) is 6.13. The summed E-state index contributed by atoms with van der Waals surface area (Å²) in [5.41, 5.74) is 2.24. The molecule has 6 heteroatoms. The van der Waals surface area contributed by atoms with Crippen LogP contribution in [0, 0.1) is 19.8 Å². The molecule has 0 aliphatic carbocycles. The molecule has 2 aliphatic rings. The molecule has 0 spiro atoms. The summed E-state index contributed by atoms with van der Waals surface area (Å²) in [4.78, 5) is 17.2. The first-order valence-electron chi connectivity index (χ1n) is 10.0. The molecule has 146 valence electrons. The zero-order valence-corrected chi connectivity index (χ0v) is 16.5. The van der Waals surface area contributed by atoms with E-state index in [0.717, 1.165) is 63.3 Å². The van der Waals surface area contributed by atoms with E-state index in [0.29, 0.717) is 12.0 Å². The lowest BCUT2D eigenvalue weighted by molar-refractivity contribution is -0.139. The van der Waals surface area contributed by atoms with E-state index < -0.39 is 0 Å². The minimum Gasteiger partial charge on any atom is -0.375 e. The maximum Gasteiger partial charge on any atom is 0.248 e. The Morgan fingerprint density at radius 2 is 1.92 bits per heavy atom. The second-order valence-corrected chi connectivity index (χ2v) is 7.85. The number of hydrogen-bond donors (Lipinski definition) is 0. The number of aromatic nitrogens is 1. The minimum absolute atomic E-state index is 0.164. The molecule has 1 aromatic heterocycles. The van der Waals surface area contributed by atoms with Gasteiger partial charge >= 0.3 is 0 Å². The predicted octanol–water partition coefficient (Wildman–Crippen LogP) is 2.92. The molecule has 0 bridgehead atoms. The van der Waals surface area contributed by atoms with Crippen LogP contribution in [0.1, 0.15) is 55.5 Å². The van der Waals surface area contributed by atoms with Gasteiger partial charge in [0.25, 0.3) is 0 Å². The third-order valence-corrected chi connectivity index (χ3v) is 6.13. The largest absolute Gasteiger partial charge is 0.375 e. The number of methoxy groups -OCH3 is 1. The van der Waals surface area contributed by atoms with E-state index in [-0.39, 0.29) is 12.5 Å². The van der Waals surface area contributed by atoms with Crippen molar-refractivity contribution in [3.63, 3.8) is 0 Å². The Morgan fingerprint density at radius 3 is 2.58 bits per heavy atom. The number of ether oxygens (including phenoxy) is 1. The molecule has 1 unspecified atom stereocenters. The number of nitrogens with zero attached hydrogens (tertiary/aromatic N) is 3. The minimum atomic E-state index is 0.164. The van der Waals surface area contributed by atoms with Crippen LogP contribution in [0.3, 0.4) is 0 Å². The van der Waals surface area contributed by atoms with Crippen LogP contribution in [0.25, 0.3) is 0 Å². The first-order valence-corrected chi connectivity index (χ1v) is 10.0. The van der Waals surface area contributed by atoms with Crippen molar-refractivity contribution in [1.29, 1.82) is 0 Å². The van der Waals surface area contributed by atoms with Gasteiger partial charge in [-0.25, -0.2) is 0 Å². The lowest BCUT2D eigenvalue weighted by Gasteiger charge is -2.40. The fourth-order valence-electron chi connectivity index (χ4n) is 4.59. The van der Waals surface area contributed by atoms with Gasteiger partial charge in [-0.3, -0.25) is 9.69 Å². The quantitative estimate of drug-likeness (QED) is 0.805. The van der Waals surface area contributed by atoms with Gasteiger partial charge in [0.15, 0.2) is 0 Å². The fourth-order valence-corrected chi connectivity index (χ4v) is 4.59. The molecule has 0 aromatic carbocycles. The Morgan fingerprint density at radius 1 is 1.15 bits per heavy atom. The van der Waals surface area contributed by atoms with Gasteiger partial charge in [0.05, 0.1) is 5.69 Å². The van der Waals surface area contributed by atoms with E-state index >= 15 is 0 Å². The Labute approximate surface area is 156 Å². The SMILES string of the molecule is COCC(=O)N1CCCCCC1C1CCN(Cc2c(C)noc2C)CC1. The molecule has 0 radical (unpaired) electrons. The highest BCUT2D eigenvalue weighted by Gasteiger charge is 2.34. The molecule has 3 rings (SSSR count). The topological polar surface area (TPSA) is 58.8 Å². The van der Waals surface area contributed by atoms with E-state index in [1.165, 1.54) is 18.4 Å². The highest BCUT2D eigenvalue weighted by molar-refractivity contribution is 5.77. The van der Waals surface area contributed by atoms with Crippen molar-refractivity contribution in [3.05, 3.63) is 17.0 Å². The van der Waals surface area contributed by atoms with Gasteiger partial charge in [0.1, 0.15) is 12.4 Å². The highest BCUT2D eigenvalue weighted by atomic mass is 16.5.